The number of benzene rings is 1. The summed E-state index contributed by atoms with van der Waals surface area (Å²) in [7, 11) is 1.82. The van der Waals surface area contributed by atoms with Gasteiger partial charge in [-0.05, 0) is 30.7 Å². The van der Waals surface area contributed by atoms with Crippen LogP contribution in [0.1, 0.15) is 23.8 Å². The fourth-order valence-corrected chi connectivity index (χ4v) is 4.35. The number of aryl methyl sites for hydroxylation is 1. The largest absolute Gasteiger partial charge is 0.416 e. The Labute approximate surface area is 174 Å². The van der Waals surface area contributed by atoms with Gasteiger partial charge in [0.1, 0.15) is 0 Å². The monoisotopic (exact) mass is 440 g/mol. The number of carbonyl (C=O) groups excluding carboxylic acids is 1. The van der Waals surface area contributed by atoms with E-state index in [-0.39, 0.29) is 11.4 Å². The first-order valence-electron chi connectivity index (χ1n) is 8.85. The lowest BCUT2D eigenvalue weighted by molar-refractivity contribution is -0.137. The minimum Gasteiger partial charge on any atom is -0.325 e. The highest BCUT2D eigenvalue weighted by atomic mass is 32.2. The molecule has 0 atom stereocenters. The van der Waals surface area contributed by atoms with Crippen LogP contribution < -0.4 is 5.32 Å². The van der Waals surface area contributed by atoms with Crippen LogP contribution in [0.5, 0.6) is 0 Å². The molecule has 1 aromatic carbocycles. The number of rotatable bonds is 7. The molecule has 0 unspecified atom stereocenters. The Hall–Kier alpha value is -2.33. The molecule has 0 aliphatic rings. The molecule has 29 heavy (non-hydrogen) atoms. The van der Waals surface area contributed by atoms with E-state index >= 15 is 0 Å². The average Bonchev–Trinajstić information content (AvgIpc) is 3.26. The van der Waals surface area contributed by atoms with Gasteiger partial charge in [-0.3, -0.25) is 4.79 Å². The molecule has 10 heteroatoms. The van der Waals surface area contributed by atoms with Crippen LogP contribution in [0.25, 0.3) is 11.4 Å². The van der Waals surface area contributed by atoms with Gasteiger partial charge >= 0.3 is 6.18 Å². The topological polar surface area (TPSA) is 59.8 Å². The van der Waals surface area contributed by atoms with Crippen LogP contribution in [-0.2, 0) is 24.4 Å². The second kappa shape index (κ2) is 9.00. The van der Waals surface area contributed by atoms with E-state index in [0.717, 1.165) is 30.5 Å². The summed E-state index contributed by atoms with van der Waals surface area (Å²) in [6.45, 7) is 2.13. The standard InChI is InChI=1S/C19H19F3N4OS2/c1-3-5-15-8-12(10-28-15)17-24-25-18(26(17)2)29-11-16(27)23-14-7-4-6-13(9-14)19(20,21)22/h4,6-10H,3,5,11H2,1-2H3,(H,23,27). The van der Waals surface area contributed by atoms with Crippen molar-refractivity contribution in [1.29, 1.82) is 0 Å². The lowest BCUT2D eigenvalue weighted by Gasteiger charge is -2.09. The van der Waals surface area contributed by atoms with Crippen molar-refractivity contribution in [2.45, 2.75) is 31.1 Å². The van der Waals surface area contributed by atoms with E-state index in [2.05, 4.69) is 28.5 Å². The van der Waals surface area contributed by atoms with E-state index in [1.54, 1.807) is 15.9 Å². The maximum atomic E-state index is 12.8. The first kappa shape index (κ1) is 21.4. The Morgan fingerprint density at radius 2 is 2.07 bits per heavy atom. The van der Waals surface area contributed by atoms with Crippen molar-refractivity contribution >= 4 is 34.7 Å². The molecule has 1 amide bonds. The molecule has 0 saturated heterocycles. The molecule has 0 bridgehead atoms. The highest BCUT2D eigenvalue weighted by Crippen LogP contribution is 2.31. The lowest BCUT2D eigenvalue weighted by atomic mass is 10.2. The average molecular weight is 441 g/mol. The zero-order valence-electron chi connectivity index (χ0n) is 15.8. The summed E-state index contributed by atoms with van der Waals surface area (Å²) in [5, 5.41) is 13.4. The summed E-state index contributed by atoms with van der Waals surface area (Å²) in [5.74, 6) is 0.302. The van der Waals surface area contributed by atoms with E-state index in [0.29, 0.717) is 11.0 Å². The number of halogens is 3. The van der Waals surface area contributed by atoms with Crippen molar-refractivity contribution in [3.8, 4) is 11.4 Å². The van der Waals surface area contributed by atoms with Crippen molar-refractivity contribution in [3.63, 3.8) is 0 Å². The van der Waals surface area contributed by atoms with Crippen LogP contribution in [0.3, 0.4) is 0 Å². The highest BCUT2D eigenvalue weighted by Gasteiger charge is 2.30. The van der Waals surface area contributed by atoms with Gasteiger partial charge in [0.15, 0.2) is 11.0 Å². The molecule has 0 radical (unpaired) electrons. The van der Waals surface area contributed by atoms with Crippen molar-refractivity contribution in [2.24, 2.45) is 7.05 Å². The number of thioether (sulfide) groups is 1. The van der Waals surface area contributed by atoms with Gasteiger partial charge in [-0.2, -0.15) is 13.2 Å². The maximum Gasteiger partial charge on any atom is 0.416 e. The third kappa shape index (κ3) is 5.39. The van der Waals surface area contributed by atoms with Crippen LogP contribution in [0.15, 0.2) is 40.9 Å². The van der Waals surface area contributed by atoms with Gasteiger partial charge < -0.3 is 9.88 Å². The molecule has 154 valence electrons. The van der Waals surface area contributed by atoms with Crippen molar-refractivity contribution in [1.82, 2.24) is 14.8 Å². The van der Waals surface area contributed by atoms with E-state index in [9.17, 15) is 18.0 Å². The Morgan fingerprint density at radius 3 is 2.79 bits per heavy atom. The fourth-order valence-electron chi connectivity index (χ4n) is 2.67. The summed E-state index contributed by atoms with van der Waals surface area (Å²) < 4.78 is 40.1. The molecule has 5 nitrogen and oxygen atoms in total. The zero-order chi connectivity index (χ0) is 21.0. The second-order valence-corrected chi connectivity index (χ2v) is 8.27. The number of thiophene rings is 1. The summed E-state index contributed by atoms with van der Waals surface area (Å²) in [5.41, 5.74) is 0.277. The van der Waals surface area contributed by atoms with Gasteiger partial charge in [0.05, 0.1) is 11.3 Å². The molecule has 0 spiro atoms. The molecule has 0 saturated carbocycles. The second-order valence-electron chi connectivity index (χ2n) is 6.33. The Morgan fingerprint density at radius 1 is 1.28 bits per heavy atom. The third-order valence-electron chi connectivity index (χ3n) is 4.05. The zero-order valence-corrected chi connectivity index (χ0v) is 17.4. The number of anilines is 1. The number of amides is 1. The smallest absolute Gasteiger partial charge is 0.325 e. The molecule has 0 fully saturated rings. The van der Waals surface area contributed by atoms with Crippen LogP contribution in [0, 0.1) is 0 Å². The first-order chi connectivity index (χ1) is 13.8. The first-order valence-corrected chi connectivity index (χ1v) is 10.7. The number of aromatic nitrogens is 3. The van der Waals surface area contributed by atoms with Crippen LogP contribution in [0.4, 0.5) is 18.9 Å². The van der Waals surface area contributed by atoms with Gasteiger partial charge in [-0.25, -0.2) is 0 Å². The van der Waals surface area contributed by atoms with Gasteiger partial charge in [0, 0.05) is 28.6 Å². The Kier molecular flexibility index (Phi) is 6.63. The van der Waals surface area contributed by atoms with Gasteiger partial charge in [-0.15, -0.1) is 21.5 Å². The summed E-state index contributed by atoms with van der Waals surface area (Å²) in [6, 6.07) is 6.64. The van der Waals surface area contributed by atoms with Crippen molar-refractivity contribution < 1.29 is 18.0 Å². The van der Waals surface area contributed by atoms with Gasteiger partial charge in [0.25, 0.3) is 0 Å². The quantitative estimate of drug-likeness (QED) is 0.510. The van der Waals surface area contributed by atoms with Gasteiger partial charge in [-0.1, -0.05) is 31.2 Å². The lowest BCUT2D eigenvalue weighted by Crippen LogP contribution is -2.15. The molecule has 1 N–H and O–H groups in total. The van der Waals surface area contributed by atoms with Crippen LogP contribution in [-0.4, -0.2) is 26.4 Å². The van der Waals surface area contributed by atoms with Gasteiger partial charge in [0.2, 0.25) is 5.91 Å². The summed E-state index contributed by atoms with van der Waals surface area (Å²) in [4.78, 5) is 13.4. The molecular weight excluding hydrogens is 421 g/mol. The number of alkyl halides is 3. The molecular formula is C19H19F3N4OS2. The van der Waals surface area contributed by atoms with Crippen molar-refractivity contribution in [3.05, 3.63) is 46.2 Å². The molecule has 3 rings (SSSR count). The fraction of sp³-hybridized carbons (Fsp3) is 0.316. The van der Waals surface area contributed by atoms with E-state index in [4.69, 9.17) is 0 Å². The number of nitrogens with zero attached hydrogens (tertiary/aromatic N) is 3. The molecule has 0 aliphatic heterocycles. The van der Waals surface area contributed by atoms with Crippen LogP contribution >= 0.6 is 23.1 Å². The number of hydrogen-bond donors (Lipinski definition) is 1. The normalized spacial score (nSPS) is 11.6. The Balaban J connectivity index is 1.61. The highest BCUT2D eigenvalue weighted by molar-refractivity contribution is 7.99. The SMILES string of the molecule is CCCc1cc(-c2nnc(SCC(=O)Nc3cccc(C(F)(F)F)c3)n2C)cs1. The summed E-state index contributed by atoms with van der Waals surface area (Å²) in [6.07, 6.45) is -2.37. The van der Waals surface area contributed by atoms with E-state index in [1.807, 2.05) is 12.4 Å². The van der Waals surface area contributed by atoms with E-state index in [1.165, 1.54) is 28.8 Å². The molecule has 0 aliphatic carbocycles. The number of carbonyl (C=O) groups is 1. The molecule has 2 heterocycles. The minimum absolute atomic E-state index is 0.00689. The number of nitrogens with one attached hydrogen (secondary N) is 1. The number of hydrogen-bond acceptors (Lipinski definition) is 5. The Bertz CT molecular complexity index is 998. The third-order valence-corrected chi connectivity index (χ3v) is 6.07. The van der Waals surface area contributed by atoms with Crippen LogP contribution in [0.2, 0.25) is 0 Å². The maximum absolute atomic E-state index is 12.8. The van der Waals surface area contributed by atoms with Crippen molar-refractivity contribution in [2.75, 3.05) is 11.1 Å². The molecule has 2 aromatic heterocycles. The predicted molar refractivity (Wildman–Crippen MR) is 109 cm³/mol. The van der Waals surface area contributed by atoms with E-state index < -0.39 is 17.6 Å². The predicted octanol–water partition coefficient (Wildman–Crippen LogP) is 5.25. The minimum atomic E-state index is -4.46. The summed E-state index contributed by atoms with van der Waals surface area (Å²) >= 11 is 2.85. The molecule has 3 aromatic rings.